The van der Waals surface area contributed by atoms with E-state index < -0.39 is 0 Å². The summed E-state index contributed by atoms with van der Waals surface area (Å²) in [7, 11) is 0. The number of rotatable bonds is 8. The molecule has 1 aliphatic rings. The average Bonchev–Trinajstić information content (AvgIpc) is 3.30. The van der Waals surface area contributed by atoms with Gasteiger partial charge in [-0.3, -0.25) is 0 Å². The SMILES string of the molecule is CCCN1CCC(CNC(=NCc2ccccc2-n2nc(C)cc2C)NCC)C1. The zero-order valence-electron chi connectivity index (χ0n) is 18.4. The van der Waals surface area contributed by atoms with Crippen molar-refractivity contribution in [2.24, 2.45) is 10.9 Å². The van der Waals surface area contributed by atoms with Crippen LogP contribution in [0.15, 0.2) is 35.3 Å². The van der Waals surface area contributed by atoms with E-state index in [9.17, 15) is 0 Å². The second-order valence-corrected chi connectivity index (χ2v) is 8.00. The average molecular weight is 397 g/mol. The number of para-hydroxylation sites is 1. The molecule has 0 radical (unpaired) electrons. The molecule has 1 fully saturated rings. The van der Waals surface area contributed by atoms with Crippen molar-refractivity contribution in [1.82, 2.24) is 25.3 Å². The Morgan fingerprint density at radius 2 is 2.03 bits per heavy atom. The van der Waals surface area contributed by atoms with E-state index in [1.165, 1.54) is 38.0 Å². The van der Waals surface area contributed by atoms with Gasteiger partial charge in [0, 0.05) is 25.3 Å². The molecular formula is C23H36N6. The molecule has 3 rings (SSSR count). The van der Waals surface area contributed by atoms with Gasteiger partial charge in [0.15, 0.2) is 5.96 Å². The number of aromatic nitrogens is 2. The number of hydrogen-bond donors (Lipinski definition) is 2. The quantitative estimate of drug-likeness (QED) is 0.531. The van der Waals surface area contributed by atoms with Gasteiger partial charge in [0.2, 0.25) is 0 Å². The number of likely N-dealkylation sites (tertiary alicyclic amines) is 1. The lowest BCUT2D eigenvalue weighted by atomic mass is 10.1. The van der Waals surface area contributed by atoms with Gasteiger partial charge in [0.25, 0.3) is 0 Å². The molecule has 1 unspecified atom stereocenters. The summed E-state index contributed by atoms with van der Waals surface area (Å²) in [4.78, 5) is 7.43. The van der Waals surface area contributed by atoms with Crippen LogP contribution >= 0.6 is 0 Å². The second-order valence-electron chi connectivity index (χ2n) is 8.00. The minimum absolute atomic E-state index is 0.622. The maximum absolute atomic E-state index is 4.86. The van der Waals surface area contributed by atoms with Crippen molar-refractivity contribution in [1.29, 1.82) is 0 Å². The second kappa shape index (κ2) is 10.4. The van der Waals surface area contributed by atoms with Crippen molar-refractivity contribution < 1.29 is 0 Å². The molecule has 0 saturated carbocycles. The number of aryl methyl sites for hydroxylation is 2. The Labute approximate surface area is 175 Å². The van der Waals surface area contributed by atoms with E-state index in [-0.39, 0.29) is 0 Å². The molecule has 0 amide bonds. The van der Waals surface area contributed by atoms with Gasteiger partial charge in [0.1, 0.15) is 0 Å². The summed E-state index contributed by atoms with van der Waals surface area (Å²) < 4.78 is 2.02. The first-order chi connectivity index (χ1) is 14.1. The van der Waals surface area contributed by atoms with Crippen LogP contribution in [0, 0.1) is 19.8 Å². The van der Waals surface area contributed by atoms with E-state index in [2.05, 4.69) is 71.7 Å². The van der Waals surface area contributed by atoms with Gasteiger partial charge >= 0.3 is 0 Å². The minimum atomic E-state index is 0.622. The summed E-state index contributed by atoms with van der Waals surface area (Å²) >= 11 is 0. The predicted octanol–water partition coefficient (Wildman–Crippen LogP) is 3.28. The minimum Gasteiger partial charge on any atom is -0.357 e. The smallest absolute Gasteiger partial charge is 0.191 e. The number of nitrogens with zero attached hydrogens (tertiary/aromatic N) is 4. The summed E-state index contributed by atoms with van der Waals surface area (Å²) in [6.45, 7) is 14.6. The molecule has 0 aliphatic carbocycles. The first-order valence-electron chi connectivity index (χ1n) is 11.0. The lowest BCUT2D eigenvalue weighted by molar-refractivity contribution is 0.324. The van der Waals surface area contributed by atoms with E-state index in [1.54, 1.807) is 0 Å². The molecule has 6 heteroatoms. The van der Waals surface area contributed by atoms with Gasteiger partial charge < -0.3 is 15.5 Å². The molecule has 1 aromatic heterocycles. The summed E-state index contributed by atoms with van der Waals surface area (Å²) in [6, 6.07) is 10.5. The molecule has 0 bridgehead atoms. The fourth-order valence-electron chi connectivity index (χ4n) is 4.07. The molecule has 6 nitrogen and oxygen atoms in total. The van der Waals surface area contributed by atoms with E-state index >= 15 is 0 Å². The standard InChI is InChI=1S/C23H36N6/c1-5-12-28-13-11-20(17-28)15-25-23(24-6-2)26-16-21-9-7-8-10-22(21)29-19(4)14-18(3)27-29/h7-10,14,20H,5-6,11-13,15-17H2,1-4H3,(H2,24,25,26). The molecule has 1 aliphatic heterocycles. The molecule has 2 heterocycles. The molecule has 29 heavy (non-hydrogen) atoms. The topological polar surface area (TPSA) is 57.5 Å². The Kier molecular flexibility index (Phi) is 7.69. The van der Waals surface area contributed by atoms with Gasteiger partial charge in [-0.2, -0.15) is 5.10 Å². The monoisotopic (exact) mass is 396 g/mol. The van der Waals surface area contributed by atoms with Gasteiger partial charge in [-0.25, -0.2) is 9.67 Å². The van der Waals surface area contributed by atoms with Crippen LogP contribution in [0.4, 0.5) is 0 Å². The molecular weight excluding hydrogens is 360 g/mol. The highest BCUT2D eigenvalue weighted by Crippen LogP contribution is 2.18. The number of guanidine groups is 1. The summed E-state index contributed by atoms with van der Waals surface area (Å²) in [5.41, 5.74) is 4.45. The summed E-state index contributed by atoms with van der Waals surface area (Å²) in [6.07, 6.45) is 2.51. The van der Waals surface area contributed by atoms with Crippen molar-refractivity contribution in [3.63, 3.8) is 0 Å². The van der Waals surface area contributed by atoms with E-state index in [4.69, 9.17) is 4.99 Å². The van der Waals surface area contributed by atoms with Crippen LogP contribution < -0.4 is 10.6 Å². The summed E-state index contributed by atoms with van der Waals surface area (Å²) in [5, 5.41) is 11.6. The highest BCUT2D eigenvalue weighted by atomic mass is 15.3. The van der Waals surface area contributed by atoms with Gasteiger partial charge in [-0.1, -0.05) is 25.1 Å². The van der Waals surface area contributed by atoms with Crippen molar-refractivity contribution in [3.8, 4) is 5.69 Å². The summed E-state index contributed by atoms with van der Waals surface area (Å²) in [5.74, 6) is 1.59. The highest BCUT2D eigenvalue weighted by molar-refractivity contribution is 5.79. The first-order valence-corrected chi connectivity index (χ1v) is 11.0. The van der Waals surface area contributed by atoms with Crippen LogP contribution in [0.5, 0.6) is 0 Å². The van der Waals surface area contributed by atoms with E-state index in [0.717, 1.165) is 36.1 Å². The van der Waals surface area contributed by atoms with Gasteiger partial charge in [-0.15, -0.1) is 0 Å². The molecule has 0 spiro atoms. The Morgan fingerprint density at radius 1 is 1.21 bits per heavy atom. The number of benzene rings is 1. The third-order valence-corrected chi connectivity index (χ3v) is 5.45. The highest BCUT2D eigenvalue weighted by Gasteiger charge is 2.21. The van der Waals surface area contributed by atoms with Crippen molar-refractivity contribution in [3.05, 3.63) is 47.3 Å². The van der Waals surface area contributed by atoms with Crippen molar-refractivity contribution in [2.45, 2.75) is 47.1 Å². The number of aliphatic imine (C=N–C) groups is 1. The fraction of sp³-hybridized carbons (Fsp3) is 0.565. The third kappa shape index (κ3) is 5.82. The molecule has 2 aromatic rings. The molecule has 1 saturated heterocycles. The van der Waals surface area contributed by atoms with Gasteiger partial charge in [0.05, 0.1) is 17.9 Å². The van der Waals surface area contributed by atoms with Crippen LogP contribution in [0.25, 0.3) is 5.69 Å². The zero-order chi connectivity index (χ0) is 20.6. The largest absolute Gasteiger partial charge is 0.357 e. The Bertz CT molecular complexity index is 809. The fourth-order valence-corrected chi connectivity index (χ4v) is 4.07. The van der Waals surface area contributed by atoms with E-state index in [0.29, 0.717) is 12.5 Å². The molecule has 158 valence electrons. The lowest BCUT2D eigenvalue weighted by Crippen LogP contribution is -2.40. The van der Waals surface area contributed by atoms with Crippen molar-refractivity contribution in [2.75, 3.05) is 32.7 Å². The number of nitrogens with one attached hydrogen (secondary N) is 2. The maximum Gasteiger partial charge on any atom is 0.191 e. The van der Waals surface area contributed by atoms with Crippen LogP contribution in [0.1, 0.15) is 43.6 Å². The lowest BCUT2D eigenvalue weighted by Gasteiger charge is -2.17. The van der Waals surface area contributed by atoms with Crippen molar-refractivity contribution >= 4 is 5.96 Å². The maximum atomic E-state index is 4.86. The zero-order valence-corrected chi connectivity index (χ0v) is 18.4. The van der Waals surface area contributed by atoms with Crippen LogP contribution in [-0.4, -0.2) is 53.4 Å². The Balaban J connectivity index is 1.66. The normalized spacial score (nSPS) is 17.7. The first kappa shape index (κ1) is 21.4. The molecule has 1 atom stereocenters. The molecule has 1 aromatic carbocycles. The Hall–Kier alpha value is -2.34. The van der Waals surface area contributed by atoms with Crippen LogP contribution in [0.3, 0.4) is 0 Å². The predicted molar refractivity (Wildman–Crippen MR) is 121 cm³/mol. The van der Waals surface area contributed by atoms with Crippen LogP contribution in [-0.2, 0) is 6.54 Å². The van der Waals surface area contributed by atoms with Crippen LogP contribution in [0.2, 0.25) is 0 Å². The van der Waals surface area contributed by atoms with Gasteiger partial charge in [-0.05, 0) is 70.3 Å². The Morgan fingerprint density at radius 3 is 2.76 bits per heavy atom. The third-order valence-electron chi connectivity index (χ3n) is 5.45. The van der Waals surface area contributed by atoms with E-state index in [1.807, 2.05) is 11.6 Å². The number of hydrogen-bond acceptors (Lipinski definition) is 3. The molecule has 2 N–H and O–H groups in total.